The second kappa shape index (κ2) is 9.55. The molecule has 5 rings (SSSR count). The van der Waals surface area contributed by atoms with Gasteiger partial charge in [-0.25, -0.2) is 0 Å². The highest BCUT2D eigenvalue weighted by atomic mass is 32.1. The van der Waals surface area contributed by atoms with Crippen LogP contribution < -0.4 is 15.0 Å². The summed E-state index contributed by atoms with van der Waals surface area (Å²) in [5.41, 5.74) is 8.04. The number of ether oxygens (including phenoxy) is 1. The second-order valence-corrected chi connectivity index (χ2v) is 9.27. The number of pyridine rings is 1. The molecule has 3 heterocycles. The van der Waals surface area contributed by atoms with E-state index < -0.39 is 0 Å². The number of aromatic nitrogens is 2. The molecule has 2 aromatic heterocycles. The van der Waals surface area contributed by atoms with E-state index in [0.717, 1.165) is 23.6 Å². The van der Waals surface area contributed by atoms with Crippen molar-refractivity contribution in [3.05, 3.63) is 107 Å². The standard InChI is InChI=1S/C29H30N4OS/c1-5-21-12-14-22(15-13-21)32-19(2)17-25(20(32)3)28-27(26-11-6-7-16-30-26)31-29(35)33(28)23-9-8-10-24(18-23)34-4/h6-18,27-28H,5H2,1-4H3,(H,31,35). The molecule has 0 saturated carbocycles. The summed E-state index contributed by atoms with van der Waals surface area (Å²) in [6.07, 6.45) is 2.87. The number of anilines is 1. The Kier molecular flexibility index (Phi) is 6.31. The molecule has 1 saturated heterocycles. The number of hydrogen-bond acceptors (Lipinski definition) is 3. The van der Waals surface area contributed by atoms with E-state index in [2.05, 4.69) is 83.0 Å². The van der Waals surface area contributed by atoms with Crippen LogP contribution >= 0.6 is 12.2 Å². The summed E-state index contributed by atoms with van der Waals surface area (Å²) in [6.45, 7) is 6.54. The van der Waals surface area contributed by atoms with Gasteiger partial charge >= 0.3 is 0 Å². The maximum absolute atomic E-state index is 5.90. The average molecular weight is 483 g/mol. The van der Waals surface area contributed by atoms with Crippen LogP contribution in [0.5, 0.6) is 5.75 Å². The Labute approximate surface area is 212 Å². The van der Waals surface area contributed by atoms with Gasteiger partial charge in [-0.15, -0.1) is 0 Å². The van der Waals surface area contributed by atoms with E-state index >= 15 is 0 Å². The molecule has 35 heavy (non-hydrogen) atoms. The van der Waals surface area contributed by atoms with Crippen LogP contribution in [-0.2, 0) is 6.42 Å². The van der Waals surface area contributed by atoms with Crippen molar-refractivity contribution in [1.82, 2.24) is 14.9 Å². The van der Waals surface area contributed by atoms with Crippen molar-refractivity contribution < 1.29 is 4.74 Å². The zero-order valence-electron chi connectivity index (χ0n) is 20.5. The molecule has 1 aliphatic heterocycles. The van der Waals surface area contributed by atoms with Crippen LogP contribution in [0.25, 0.3) is 5.69 Å². The molecule has 4 aromatic rings. The minimum absolute atomic E-state index is 0.0700. The Balaban J connectivity index is 1.66. The van der Waals surface area contributed by atoms with Gasteiger partial charge in [-0.3, -0.25) is 4.98 Å². The minimum atomic E-state index is -0.0914. The van der Waals surface area contributed by atoms with Crippen molar-refractivity contribution in [2.24, 2.45) is 0 Å². The van der Waals surface area contributed by atoms with Gasteiger partial charge in [0, 0.05) is 35.0 Å². The molecule has 6 heteroatoms. The molecule has 0 aliphatic carbocycles. The van der Waals surface area contributed by atoms with Crippen LogP contribution in [0.4, 0.5) is 5.69 Å². The summed E-state index contributed by atoms with van der Waals surface area (Å²) in [6, 6.07) is 25.0. The molecular formula is C29H30N4OS. The third kappa shape index (κ3) is 4.19. The fraction of sp³-hybridized carbons (Fsp3) is 0.241. The topological polar surface area (TPSA) is 42.3 Å². The molecule has 1 fully saturated rings. The second-order valence-electron chi connectivity index (χ2n) is 8.88. The number of nitrogens with zero attached hydrogens (tertiary/aromatic N) is 3. The van der Waals surface area contributed by atoms with E-state index in [-0.39, 0.29) is 12.1 Å². The zero-order valence-corrected chi connectivity index (χ0v) is 21.3. The molecule has 2 aromatic carbocycles. The summed E-state index contributed by atoms with van der Waals surface area (Å²) in [5, 5.41) is 4.24. The Morgan fingerprint density at radius 2 is 1.77 bits per heavy atom. The number of benzene rings is 2. The van der Waals surface area contributed by atoms with E-state index in [4.69, 9.17) is 17.0 Å². The third-order valence-corrected chi connectivity index (χ3v) is 7.14. The highest BCUT2D eigenvalue weighted by molar-refractivity contribution is 7.80. The Morgan fingerprint density at radius 1 is 0.971 bits per heavy atom. The summed E-state index contributed by atoms with van der Waals surface area (Å²) < 4.78 is 7.85. The zero-order chi connectivity index (χ0) is 24.5. The van der Waals surface area contributed by atoms with Gasteiger partial charge in [0.2, 0.25) is 0 Å². The van der Waals surface area contributed by atoms with Crippen molar-refractivity contribution in [1.29, 1.82) is 0 Å². The van der Waals surface area contributed by atoms with Gasteiger partial charge < -0.3 is 19.5 Å². The molecule has 0 amide bonds. The molecule has 2 atom stereocenters. The molecule has 1 aliphatic rings. The van der Waals surface area contributed by atoms with Crippen molar-refractivity contribution in [3.63, 3.8) is 0 Å². The number of thiocarbonyl (C=S) groups is 1. The molecule has 2 unspecified atom stereocenters. The maximum atomic E-state index is 5.90. The lowest BCUT2D eigenvalue weighted by molar-refractivity contribution is 0.415. The van der Waals surface area contributed by atoms with Crippen molar-refractivity contribution >= 4 is 23.0 Å². The SMILES string of the molecule is CCc1ccc(-n2c(C)cc(C3C(c4ccccn4)NC(=S)N3c3cccc(OC)c3)c2C)cc1. The predicted octanol–water partition coefficient (Wildman–Crippen LogP) is 6.24. The van der Waals surface area contributed by atoms with Crippen LogP contribution in [0.15, 0.2) is 79.0 Å². The molecule has 0 radical (unpaired) electrons. The van der Waals surface area contributed by atoms with Crippen LogP contribution in [0.2, 0.25) is 0 Å². The smallest absolute Gasteiger partial charge is 0.174 e. The Morgan fingerprint density at radius 3 is 2.46 bits per heavy atom. The van der Waals surface area contributed by atoms with Gasteiger partial charge in [-0.05, 0) is 86.1 Å². The van der Waals surface area contributed by atoms with Gasteiger partial charge in [0.05, 0.1) is 24.9 Å². The molecular weight excluding hydrogens is 452 g/mol. The third-order valence-electron chi connectivity index (χ3n) is 6.82. The average Bonchev–Trinajstić information content (AvgIpc) is 3.39. The van der Waals surface area contributed by atoms with Crippen LogP contribution in [-0.4, -0.2) is 21.8 Å². The van der Waals surface area contributed by atoms with Crippen LogP contribution in [0.3, 0.4) is 0 Å². The van der Waals surface area contributed by atoms with Gasteiger partial charge in [0.25, 0.3) is 0 Å². The normalized spacial score (nSPS) is 17.5. The van der Waals surface area contributed by atoms with E-state index in [9.17, 15) is 0 Å². The first-order valence-corrected chi connectivity index (χ1v) is 12.4. The van der Waals surface area contributed by atoms with Crippen LogP contribution in [0.1, 0.15) is 47.2 Å². The lowest BCUT2D eigenvalue weighted by atomic mass is 9.96. The monoisotopic (exact) mass is 482 g/mol. The lowest BCUT2D eigenvalue weighted by Gasteiger charge is -2.28. The van der Waals surface area contributed by atoms with Crippen molar-refractivity contribution in [3.8, 4) is 11.4 Å². The van der Waals surface area contributed by atoms with Crippen molar-refractivity contribution in [2.45, 2.75) is 39.3 Å². The highest BCUT2D eigenvalue weighted by Gasteiger charge is 2.42. The summed E-state index contributed by atoms with van der Waals surface area (Å²) in [7, 11) is 1.69. The molecule has 0 spiro atoms. The Hall–Kier alpha value is -3.64. The number of hydrogen-bond donors (Lipinski definition) is 1. The summed E-state index contributed by atoms with van der Waals surface area (Å²) >= 11 is 5.90. The fourth-order valence-electron chi connectivity index (χ4n) is 5.07. The first-order chi connectivity index (χ1) is 17.0. The van der Waals surface area contributed by atoms with Gasteiger partial charge in [-0.2, -0.15) is 0 Å². The van der Waals surface area contributed by atoms with Crippen LogP contribution in [0, 0.1) is 13.8 Å². The Bertz CT molecular complexity index is 1350. The number of nitrogens with one attached hydrogen (secondary N) is 1. The molecule has 178 valence electrons. The number of methoxy groups -OCH3 is 1. The predicted molar refractivity (Wildman–Crippen MR) is 146 cm³/mol. The molecule has 1 N–H and O–H groups in total. The van der Waals surface area contributed by atoms with Gasteiger partial charge in [-0.1, -0.05) is 31.2 Å². The van der Waals surface area contributed by atoms with E-state index in [1.165, 1.54) is 28.2 Å². The van der Waals surface area contributed by atoms with Crippen molar-refractivity contribution in [2.75, 3.05) is 12.0 Å². The minimum Gasteiger partial charge on any atom is -0.497 e. The molecule has 5 nitrogen and oxygen atoms in total. The van der Waals surface area contributed by atoms with Gasteiger partial charge in [0.1, 0.15) is 5.75 Å². The van der Waals surface area contributed by atoms with E-state index in [0.29, 0.717) is 5.11 Å². The fourth-order valence-corrected chi connectivity index (χ4v) is 5.42. The first kappa shape index (κ1) is 23.1. The molecule has 0 bridgehead atoms. The lowest BCUT2D eigenvalue weighted by Crippen LogP contribution is -2.29. The highest BCUT2D eigenvalue weighted by Crippen LogP contribution is 2.44. The first-order valence-electron chi connectivity index (χ1n) is 11.9. The largest absolute Gasteiger partial charge is 0.497 e. The summed E-state index contributed by atoms with van der Waals surface area (Å²) in [5.74, 6) is 0.798. The quantitative estimate of drug-likeness (QED) is 0.330. The summed E-state index contributed by atoms with van der Waals surface area (Å²) in [4.78, 5) is 6.89. The maximum Gasteiger partial charge on any atom is 0.174 e. The number of aryl methyl sites for hydroxylation is 2. The van der Waals surface area contributed by atoms with E-state index in [1.54, 1.807) is 7.11 Å². The van der Waals surface area contributed by atoms with E-state index in [1.807, 2.05) is 36.5 Å². The number of rotatable bonds is 6. The van der Waals surface area contributed by atoms with Gasteiger partial charge in [0.15, 0.2) is 5.11 Å².